The Morgan fingerprint density at radius 3 is 2.32 bits per heavy atom. The molecule has 0 aliphatic heterocycles. The lowest BCUT2D eigenvalue weighted by atomic mass is 9.86. The number of nitrogens with two attached hydrogens (primary N) is 3. The number of amides is 2. The summed E-state index contributed by atoms with van der Waals surface area (Å²) in [5.74, 6) is -1.03. The molecule has 25 heavy (non-hydrogen) atoms. The van der Waals surface area contributed by atoms with Gasteiger partial charge in [-0.05, 0) is 18.4 Å². The van der Waals surface area contributed by atoms with Crippen LogP contribution in [0.1, 0.15) is 38.2 Å². The maximum absolute atomic E-state index is 11.7. The largest absolute Gasteiger partial charge is 0.402 e. The van der Waals surface area contributed by atoms with Gasteiger partial charge < -0.3 is 27.8 Å². The Kier molecular flexibility index (Phi) is 6.40. The number of hydrogen-bond donors (Lipinski definition) is 5. The predicted molar refractivity (Wildman–Crippen MR) is 101 cm³/mol. The van der Waals surface area contributed by atoms with E-state index in [9.17, 15) is 9.59 Å². The van der Waals surface area contributed by atoms with E-state index in [4.69, 9.17) is 29.4 Å². The highest BCUT2D eigenvalue weighted by Crippen LogP contribution is 2.23. The highest BCUT2D eigenvalue weighted by molar-refractivity contribution is 7.81. The molecule has 2 amide bonds. The number of thiocarbonyl (C=S) groups is 1. The third kappa shape index (κ3) is 5.99. The summed E-state index contributed by atoms with van der Waals surface area (Å²) >= 11 is 5.11. The van der Waals surface area contributed by atoms with Gasteiger partial charge in [0.15, 0.2) is 11.5 Å². The number of nitrogens with one attached hydrogen (secondary N) is 2. The van der Waals surface area contributed by atoms with Crippen molar-refractivity contribution in [1.29, 1.82) is 0 Å². The first-order chi connectivity index (χ1) is 11.4. The van der Waals surface area contributed by atoms with Gasteiger partial charge in [-0.2, -0.15) is 0 Å². The van der Waals surface area contributed by atoms with Crippen molar-refractivity contribution in [3.05, 3.63) is 23.7 Å². The van der Waals surface area contributed by atoms with Crippen LogP contribution in [0.3, 0.4) is 0 Å². The lowest BCUT2D eigenvalue weighted by molar-refractivity contribution is -0.120. The molecule has 1 heterocycles. The lowest BCUT2D eigenvalue weighted by Gasteiger charge is -2.29. The van der Waals surface area contributed by atoms with Gasteiger partial charge in [-0.15, -0.1) is 0 Å². The third-order valence-corrected chi connectivity index (χ3v) is 3.27. The molecule has 10 heteroatoms. The molecule has 0 unspecified atom stereocenters. The molecule has 136 valence electrons. The van der Waals surface area contributed by atoms with Gasteiger partial charge in [0, 0.05) is 5.70 Å². The van der Waals surface area contributed by atoms with Crippen molar-refractivity contribution in [2.45, 2.75) is 33.7 Å². The van der Waals surface area contributed by atoms with E-state index in [1.165, 1.54) is 12.3 Å². The molecule has 0 saturated carbocycles. The van der Waals surface area contributed by atoms with Crippen LogP contribution in [0.15, 0.2) is 18.0 Å². The average molecular weight is 365 g/mol. The van der Waals surface area contributed by atoms with E-state index in [1.807, 2.05) is 20.8 Å². The molecule has 0 aliphatic carbocycles. The number of allylic oxidation sites excluding steroid dienone is 1. The van der Waals surface area contributed by atoms with Crippen LogP contribution >= 0.6 is 12.2 Å². The molecule has 1 atom stereocenters. The van der Waals surface area contributed by atoms with Crippen LogP contribution in [0.5, 0.6) is 0 Å². The summed E-state index contributed by atoms with van der Waals surface area (Å²) in [6, 6.07) is -0.702. The number of rotatable bonds is 6. The summed E-state index contributed by atoms with van der Waals surface area (Å²) in [5.41, 5.74) is 16.2. The third-order valence-electron chi connectivity index (χ3n) is 3.05. The van der Waals surface area contributed by atoms with Crippen molar-refractivity contribution in [2.24, 2.45) is 22.6 Å². The summed E-state index contributed by atoms with van der Waals surface area (Å²) in [5, 5.41) is 5.66. The zero-order valence-corrected chi connectivity index (χ0v) is 15.4. The van der Waals surface area contributed by atoms with E-state index in [2.05, 4.69) is 20.6 Å². The van der Waals surface area contributed by atoms with E-state index in [1.54, 1.807) is 6.92 Å². The quantitative estimate of drug-likeness (QED) is 0.359. The zero-order valence-electron chi connectivity index (χ0n) is 14.6. The minimum absolute atomic E-state index is 0.0529. The SMILES string of the molecule is CC(N)=CC(=S)Nc1nc(N[C@@H](C(N)=O)C(C)(C)C)cnc1C(N)=O. The second-order valence-corrected chi connectivity index (χ2v) is 6.98. The molecule has 0 fully saturated rings. The molecule has 1 rings (SSSR count). The van der Waals surface area contributed by atoms with Gasteiger partial charge in [-0.3, -0.25) is 9.59 Å². The van der Waals surface area contributed by atoms with E-state index >= 15 is 0 Å². The zero-order chi connectivity index (χ0) is 19.4. The average Bonchev–Trinajstić information content (AvgIpc) is 2.41. The van der Waals surface area contributed by atoms with Crippen molar-refractivity contribution < 1.29 is 9.59 Å². The second-order valence-electron chi connectivity index (χ2n) is 6.54. The summed E-state index contributed by atoms with van der Waals surface area (Å²) in [4.78, 5) is 31.7. The van der Waals surface area contributed by atoms with Crippen LogP contribution in [-0.4, -0.2) is 32.8 Å². The monoisotopic (exact) mass is 365 g/mol. The summed E-state index contributed by atoms with van der Waals surface area (Å²) in [6.45, 7) is 7.21. The van der Waals surface area contributed by atoms with E-state index in [-0.39, 0.29) is 22.3 Å². The van der Waals surface area contributed by atoms with Gasteiger partial charge in [0.05, 0.1) is 6.20 Å². The Balaban J connectivity index is 3.22. The Labute approximate surface area is 151 Å². The van der Waals surface area contributed by atoms with Gasteiger partial charge in [0.2, 0.25) is 5.91 Å². The van der Waals surface area contributed by atoms with Gasteiger partial charge in [-0.1, -0.05) is 33.0 Å². The number of carbonyl (C=O) groups excluding carboxylic acids is 2. The molecule has 0 bridgehead atoms. The number of aromatic nitrogens is 2. The maximum Gasteiger partial charge on any atom is 0.271 e. The van der Waals surface area contributed by atoms with Gasteiger partial charge in [-0.25, -0.2) is 9.97 Å². The molecule has 1 aromatic rings. The molecule has 0 aromatic carbocycles. The molecule has 0 aliphatic rings. The maximum atomic E-state index is 11.7. The predicted octanol–water partition coefficient (Wildman–Crippen LogP) is 0.489. The van der Waals surface area contributed by atoms with Gasteiger partial charge in [0.1, 0.15) is 16.8 Å². The molecular formula is C15H23N7O2S. The number of carbonyl (C=O) groups is 2. The molecule has 0 radical (unpaired) electrons. The van der Waals surface area contributed by atoms with Gasteiger partial charge >= 0.3 is 0 Å². The molecule has 1 aromatic heterocycles. The summed E-state index contributed by atoms with van der Waals surface area (Å²) in [6.07, 6.45) is 2.78. The highest BCUT2D eigenvalue weighted by atomic mass is 32.1. The Morgan fingerprint density at radius 1 is 1.28 bits per heavy atom. The first-order valence-corrected chi connectivity index (χ1v) is 7.80. The fourth-order valence-electron chi connectivity index (χ4n) is 1.95. The smallest absolute Gasteiger partial charge is 0.271 e. The second kappa shape index (κ2) is 7.88. The summed E-state index contributed by atoms with van der Waals surface area (Å²) < 4.78 is 0. The lowest BCUT2D eigenvalue weighted by Crippen LogP contribution is -2.45. The van der Waals surface area contributed by atoms with Crippen molar-refractivity contribution in [2.75, 3.05) is 10.6 Å². The van der Waals surface area contributed by atoms with E-state index in [0.717, 1.165) is 0 Å². The van der Waals surface area contributed by atoms with Crippen LogP contribution in [0.2, 0.25) is 0 Å². The Morgan fingerprint density at radius 2 is 1.88 bits per heavy atom. The van der Waals surface area contributed by atoms with Crippen LogP contribution in [0.4, 0.5) is 11.6 Å². The standard InChI is InChI=1S/C15H23N7O2S/c1-7(16)5-9(25)22-14-10(12(17)23)19-6-8(21-14)20-11(13(18)24)15(2,3)4/h5-6,11H,16H2,1-4H3,(H2,17,23)(H2,18,24)(H2,20,21,22,25)/t11-/m0/s1. The van der Waals surface area contributed by atoms with Crippen molar-refractivity contribution in [3.63, 3.8) is 0 Å². The van der Waals surface area contributed by atoms with Crippen LogP contribution < -0.4 is 27.8 Å². The molecule has 8 N–H and O–H groups in total. The van der Waals surface area contributed by atoms with E-state index < -0.39 is 23.3 Å². The first kappa shape index (κ1) is 20.3. The van der Waals surface area contributed by atoms with Crippen molar-refractivity contribution >= 4 is 40.7 Å². The minimum Gasteiger partial charge on any atom is -0.402 e. The minimum atomic E-state index is -0.778. The molecule has 0 saturated heterocycles. The normalized spacial score (nSPS) is 13.0. The van der Waals surface area contributed by atoms with Crippen molar-refractivity contribution in [3.8, 4) is 0 Å². The highest BCUT2D eigenvalue weighted by Gasteiger charge is 2.30. The molecular weight excluding hydrogens is 342 g/mol. The van der Waals surface area contributed by atoms with Crippen molar-refractivity contribution in [1.82, 2.24) is 9.97 Å². The van der Waals surface area contributed by atoms with E-state index in [0.29, 0.717) is 5.70 Å². The Hall–Kier alpha value is -2.75. The number of anilines is 2. The fraction of sp³-hybridized carbons (Fsp3) is 0.400. The molecule has 0 spiro atoms. The van der Waals surface area contributed by atoms with Crippen LogP contribution in [0.25, 0.3) is 0 Å². The number of nitrogens with zero attached hydrogens (tertiary/aromatic N) is 2. The fourth-order valence-corrected chi connectivity index (χ4v) is 2.23. The first-order valence-electron chi connectivity index (χ1n) is 7.39. The summed E-state index contributed by atoms with van der Waals surface area (Å²) in [7, 11) is 0. The Bertz CT molecular complexity index is 721. The topological polar surface area (TPSA) is 162 Å². The van der Waals surface area contributed by atoms with Gasteiger partial charge in [0.25, 0.3) is 5.91 Å². The number of primary amides is 2. The van der Waals surface area contributed by atoms with Crippen LogP contribution in [-0.2, 0) is 4.79 Å². The van der Waals surface area contributed by atoms with Crippen LogP contribution in [0, 0.1) is 5.41 Å². The number of hydrogen-bond acceptors (Lipinski definition) is 7. The molecule has 9 nitrogen and oxygen atoms in total.